The zero-order chi connectivity index (χ0) is 11.5. The van der Waals surface area contributed by atoms with Crippen LogP contribution in [0.3, 0.4) is 0 Å². The summed E-state index contributed by atoms with van der Waals surface area (Å²) in [6, 6.07) is 5.33. The van der Waals surface area contributed by atoms with E-state index in [0.717, 1.165) is 10.9 Å². The Bertz CT molecular complexity index is 519. The number of aromatic amines is 1. The fraction of sp³-hybridized carbons (Fsp3) is 0.182. The minimum atomic E-state index is -0.204. The van der Waals surface area contributed by atoms with Gasteiger partial charge in [0, 0.05) is 29.3 Å². The smallest absolute Gasteiger partial charge is 0.253 e. The van der Waals surface area contributed by atoms with Gasteiger partial charge in [-0.05, 0) is 18.2 Å². The zero-order valence-corrected chi connectivity index (χ0v) is 8.66. The highest BCUT2D eigenvalue weighted by molar-refractivity contribution is 6.07. The van der Waals surface area contributed by atoms with Crippen LogP contribution in [0.4, 0.5) is 5.69 Å². The molecule has 5 heteroatoms. The van der Waals surface area contributed by atoms with Crippen LogP contribution in [-0.2, 0) is 0 Å². The molecule has 0 aliphatic rings. The molecule has 0 unspecified atom stereocenters. The molecule has 2 aromatic rings. The normalized spacial score (nSPS) is 10.6. The molecule has 0 atom stereocenters. The zero-order valence-electron chi connectivity index (χ0n) is 8.66. The van der Waals surface area contributed by atoms with Crippen molar-refractivity contribution < 1.29 is 9.90 Å². The molecule has 2 rings (SSSR count). The Balaban J connectivity index is 2.34. The minimum absolute atomic E-state index is 0.0684. The molecular weight excluding hydrogens is 206 g/mol. The number of benzene rings is 1. The summed E-state index contributed by atoms with van der Waals surface area (Å²) in [6.45, 7) is 0.182. The maximum atomic E-state index is 11.7. The van der Waals surface area contributed by atoms with E-state index in [2.05, 4.69) is 10.3 Å². The number of H-pyrrole nitrogens is 1. The van der Waals surface area contributed by atoms with Gasteiger partial charge in [0.2, 0.25) is 0 Å². The van der Waals surface area contributed by atoms with Gasteiger partial charge >= 0.3 is 0 Å². The summed E-state index contributed by atoms with van der Waals surface area (Å²) in [5.41, 5.74) is 7.67. The summed E-state index contributed by atoms with van der Waals surface area (Å²) >= 11 is 0. The first-order valence-corrected chi connectivity index (χ1v) is 4.98. The molecule has 84 valence electrons. The second-order valence-corrected chi connectivity index (χ2v) is 3.49. The summed E-state index contributed by atoms with van der Waals surface area (Å²) < 4.78 is 0. The highest BCUT2D eigenvalue weighted by atomic mass is 16.3. The predicted molar refractivity (Wildman–Crippen MR) is 62.1 cm³/mol. The van der Waals surface area contributed by atoms with Crippen LogP contribution in [0.25, 0.3) is 10.9 Å². The van der Waals surface area contributed by atoms with Gasteiger partial charge in [0.05, 0.1) is 12.2 Å². The van der Waals surface area contributed by atoms with E-state index in [1.165, 1.54) is 0 Å². The van der Waals surface area contributed by atoms with Crippen molar-refractivity contribution in [3.63, 3.8) is 0 Å². The lowest BCUT2D eigenvalue weighted by atomic mass is 10.1. The molecule has 0 spiro atoms. The molecule has 0 saturated carbocycles. The largest absolute Gasteiger partial charge is 0.399 e. The summed E-state index contributed by atoms with van der Waals surface area (Å²) in [5.74, 6) is -0.204. The molecule has 1 amide bonds. The SMILES string of the molecule is Nc1ccc2c(C(=O)NCCO)c[nH]c2c1. The molecule has 1 heterocycles. The second-order valence-electron chi connectivity index (χ2n) is 3.49. The Hall–Kier alpha value is -2.01. The number of rotatable bonds is 3. The molecule has 0 bridgehead atoms. The Labute approximate surface area is 92.3 Å². The standard InChI is InChI=1S/C11H13N3O2/c12-7-1-2-8-9(6-14-10(8)5-7)11(16)13-3-4-15/h1-2,5-6,14-15H,3-4,12H2,(H,13,16). The molecule has 0 fully saturated rings. The highest BCUT2D eigenvalue weighted by Gasteiger charge is 2.10. The maximum absolute atomic E-state index is 11.7. The molecule has 0 saturated heterocycles. The van der Waals surface area contributed by atoms with Crippen molar-refractivity contribution in [2.24, 2.45) is 0 Å². The number of carbonyl (C=O) groups excluding carboxylic acids is 1. The van der Waals surface area contributed by atoms with Crippen molar-refractivity contribution in [2.45, 2.75) is 0 Å². The average molecular weight is 219 g/mol. The summed E-state index contributed by atoms with van der Waals surface area (Å²) in [5, 5.41) is 12.0. The van der Waals surface area contributed by atoms with Crippen LogP contribution in [0.5, 0.6) is 0 Å². The predicted octanol–water partition coefficient (Wildman–Crippen LogP) is 0.472. The molecular formula is C11H13N3O2. The maximum Gasteiger partial charge on any atom is 0.253 e. The van der Waals surface area contributed by atoms with Crippen molar-refractivity contribution in [3.8, 4) is 0 Å². The Morgan fingerprint density at radius 1 is 1.50 bits per heavy atom. The van der Waals surface area contributed by atoms with Crippen molar-refractivity contribution in [1.82, 2.24) is 10.3 Å². The van der Waals surface area contributed by atoms with Crippen molar-refractivity contribution in [3.05, 3.63) is 30.0 Å². The lowest BCUT2D eigenvalue weighted by Gasteiger charge is -2.01. The Morgan fingerprint density at radius 3 is 3.06 bits per heavy atom. The third kappa shape index (κ3) is 1.85. The van der Waals surface area contributed by atoms with Crippen LogP contribution in [-0.4, -0.2) is 29.1 Å². The first-order chi connectivity index (χ1) is 7.72. The number of carbonyl (C=O) groups is 1. The molecule has 5 nitrogen and oxygen atoms in total. The van der Waals surface area contributed by atoms with Crippen LogP contribution >= 0.6 is 0 Å². The third-order valence-electron chi connectivity index (χ3n) is 2.35. The van der Waals surface area contributed by atoms with Crippen molar-refractivity contribution in [2.75, 3.05) is 18.9 Å². The van der Waals surface area contributed by atoms with Gasteiger partial charge in [0.15, 0.2) is 0 Å². The van der Waals surface area contributed by atoms with Gasteiger partial charge in [0.25, 0.3) is 5.91 Å². The number of anilines is 1. The lowest BCUT2D eigenvalue weighted by Crippen LogP contribution is -2.26. The molecule has 16 heavy (non-hydrogen) atoms. The number of fused-ring (bicyclic) bond motifs is 1. The van der Waals surface area contributed by atoms with E-state index in [-0.39, 0.29) is 19.1 Å². The minimum Gasteiger partial charge on any atom is -0.399 e. The molecule has 0 aliphatic carbocycles. The van der Waals surface area contributed by atoms with Gasteiger partial charge in [-0.15, -0.1) is 0 Å². The van der Waals surface area contributed by atoms with Crippen molar-refractivity contribution >= 4 is 22.5 Å². The topological polar surface area (TPSA) is 91.1 Å². The van der Waals surface area contributed by atoms with E-state index in [0.29, 0.717) is 11.3 Å². The molecule has 0 aliphatic heterocycles. The van der Waals surface area contributed by atoms with E-state index in [1.807, 2.05) is 0 Å². The van der Waals surface area contributed by atoms with Gasteiger partial charge in [0.1, 0.15) is 0 Å². The number of amides is 1. The number of aliphatic hydroxyl groups is 1. The number of aliphatic hydroxyl groups excluding tert-OH is 1. The fourth-order valence-electron chi connectivity index (χ4n) is 1.60. The van der Waals surface area contributed by atoms with Crippen LogP contribution in [0.2, 0.25) is 0 Å². The second kappa shape index (κ2) is 4.24. The number of nitrogens with one attached hydrogen (secondary N) is 2. The van der Waals surface area contributed by atoms with E-state index in [1.54, 1.807) is 24.4 Å². The lowest BCUT2D eigenvalue weighted by molar-refractivity contribution is 0.0946. The Kier molecular flexibility index (Phi) is 2.78. The molecule has 1 aromatic carbocycles. The first-order valence-electron chi connectivity index (χ1n) is 4.98. The van der Waals surface area contributed by atoms with Crippen LogP contribution in [0.15, 0.2) is 24.4 Å². The fourth-order valence-corrected chi connectivity index (χ4v) is 1.60. The van der Waals surface area contributed by atoms with Crippen LogP contribution in [0, 0.1) is 0 Å². The van der Waals surface area contributed by atoms with Crippen LogP contribution in [0.1, 0.15) is 10.4 Å². The quantitative estimate of drug-likeness (QED) is 0.565. The number of nitrogen functional groups attached to an aromatic ring is 1. The number of nitrogens with two attached hydrogens (primary N) is 1. The van der Waals surface area contributed by atoms with E-state index in [9.17, 15) is 4.79 Å². The van der Waals surface area contributed by atoms with Gasteiger partial charge < -0.3 is 21.1 Å². The molecule has 5 N–H and O–H groups in total. The summed E-state index contributed by atoms with van der Waals surface area (Å²) in [4.78, 5) is 14.7. The van der Waals surface area contributed by atoms with Gasteiger partial charge in [-0.3, -0.25) is 4.79 Å². The number of hydrogen-bond donors (Lipinski definition) is 4. The first kappa shape index (κ1) is 10.5. The van der Waals surface area contributed by atoms with E-state index in [4.69, 9.17) is 10.8 Å². The Morgan fingerprint density at radius 2 is 2.31 bits per heavy atom. The van der Waals surface area contributed by atoms with Crippen molar-refractivity contribution in [1.29, 1.82) is 0 Å². The van der Waals surface area contributed by atoms with E-state index < -0.39 is 0 Å². The van der Waals surface area contributed by atoms with E-state index >= 15 is 0 Å². The third-order valence-corrected chi connectivity index (χ3v) is 2.35. The molecule has 0 radical (unpaired) electrons. The van der Waals surface area contributed by atoms with Crippen LogP contribution < -0.4 is 11.1 Å². The van der Waals surface area contributed by atoms with Gasteiger partial charge in [-0.25, -0.2) is 0 Å². The summed E-state index contributed by atoms with van der Waals surface area (Å²) in [6.07, 6.45) is 1.64. The average Bonchev–Trinajstić information content (AvgIpc) is 2.68. The molecule has 1 aromatic heterocycles. The number of hydrogen-bond acceptors (Lipinski definition) is 3. The highest BCUT2D eigenvalue weighted by Crippen LogP contribution is 2.20. The van der Waals surface area contributed by atoms with Gasteiger partial charge in [-0.2, -0.15) is 0 Å². The van der Waals surface area contributed by atoms with Gasteiger partial charge in [-0.1, -0.05) is 0 Å². The number of aromatic nitrogens is 1. The summed E-state index contributed by atoms with van der Waals surface area (Å²) in [7, 11) is 0. The monoisotopic (exact) mass is 219 g/mol.